The van der Waals surface area contributed by atoms with Gasteiger partial charge >= 0.3 is 11.9 Å². The number of carbonyl (C=O) groups is 2. The van der Waals surface area contributed by atoms with Crippen molar-refractivity contribution in [2.24, 2.45) is 17.3 Å². The van der Waals surface area contributed by atoms with Gasteiger partial charge in [-0.15, -0.1) is 0 Å². The zero-order valence-corrected chi connectivity index (χ0v) is 14.7. The predicted octanol–water partition coefficient (Wildman–Crippen LogP) is 4.96. The van der Waals surface area contributed by atoms with Gasteiger partial charge in [0, 0.05) is 6.42 Å². The van der Waals surface area contributed by atoms with Gasteiger partial charge in [0.05, 0.1) is 6.42 Å². The average molecular weight is 314 g/mol. The lowest BCUT2D eigenvalue weighted by Gasteiger charge is -2.26. The molecule has 0 aliphatic heterocycles. The topological polar surface area (TPSA) is 74.6 Å². The molecule has 0 aliphatic carbocycles. The van der Waals surface area contributed by atoms with Crippen LogP contribution in [0.1, 0.15) is 85.5 Å². The molecule has 0 saturated heterocycles. The predicted molar refractivity (Wildman–Crippen MR) is 88.9 cm³/mol. The number of carboxylic acid groups (broad SMARTS) is 2. The molecule has 0 aliphatic rings. The highest BCUT2D eigenvalue weighted by Gasteiger charge is 2.24. The molecule has 0 aromatic carbocycles. The molecule has 4 nitrogen and oxygen atoms in total. The van der Waals surface area contributed by atoms with Crippen molar-refractivity contribution in [3.63, 3.8) is 0 Å². The maximum absolute atomic E-state index is 10.9. The van der Waals surface area contributed by atoms with Crippen molar-refractivity contribution in [3.8, 4) is 0 Å². The molecule has 0 spiro atoms. The number of carboxylic acids is 2. The first-order valence-corrected chi connectivity index (χ1v) is 8.60. The molecule has 0 aromatic rings. The maximum atomic E-state index is 10.9. The van der Waals surface area contributed by atoms with Crippen molar-refractivity contribution in [1.82, 2.24) is 0 Å². The monoisotopic (exact) mass is 314 g/mol. The van der Waals surface area contributed by atoms with Gasteiger partial charge in [-0.25, -0.2) is 0 Å². The van der Waals surface area contributed by atoms with E-state index in [9.17, 15) is 9.59 Å². The van der Waals surface area contributed by atoms with Gasteiger partial charge in [0.25, 0.3) is 0 Å². The molecule has 0 aromatic heterocycles. The Bertz CT molecular complexity index is 336. The van der Waals surface area contributed by atoms with Crippen LogP contribution in [0.2, 0.25) is 0 Å². The molecular formula is C18H34O4. The fraction of sp³-hybridized carbons (Fsp3) is 0.889. The van der Waals surface area contributed by atoms with E-state index in [2.05, 4.69) is 13.8 Å². The standard InChI is InChI=1S/C18H34O4/c1-5-7-15(10-11-16(19)20)9-6-8-14(2)12-18(3,4)13-17(21)22/h14-15H,5-13H2,1-4H3,(H,19,20)(H,21,22). The highest BCUT2D eigenvalue weighted by atomic mass is 16.4. The number of aliphatic carboxylic acids is 2. The normalized spacial score (nSPS) is 14.5. The first-order chi connectivity index (χ1) is 10.2. The lowest BCUT2D eigenvalue weighted by Crippen LogP contribution is -2.20. The summed E-state index contributed by atoms with van der Waals surface area (Å²) in [6.07, 6.45) is 7.68. The molecule has 0 fully saturated rings. The summed E-state index contributed by atoms with van der Waals surface area (Å²) in [6.45, 7) is 8.37. The second-order valence-corrected chi connectivity index (χ2v) is 7.56. The molecule has 0 saturated carbocycles. The molecule has 2 N–H and O–H groups in total. The first kappa shape index (κ1) is 20.9. The summed E-state index contributed by atoms with van der Waals surface area (Å²) < 4.78 is 0. The highest BCUT2D eigenvalue weighted by Crippen LogP contribution is 2.32. The summed E-state index contributed by atoms with van der Waals surface area (Å²) >= 11 is 0. The van der Waals surface area contributed by atoms with E-state index in [1.165, 1.54) is 0 Å². The SMILES string of the molecule is CCCC(CCCC(C)CC(C)(C)CC(=O)O)CCC(=O)O. The molecule has 4 heteroatoms. The van der Waals surface area contributed by atoms with Gasteiger partial charge in [-0.2, -0.15) is 0 Å². The number of rotatable bonds is 13. The summed E-state index contributed by atoms with van der Waals surface area (Å²) in [5.41, 5.74) is -0.155. The second-order valence-electron chi connectivity index (χ2n) is 7.56. The maximum Gasteiger partial charge on any atom is 0.303 e. The van der Waals surface area contributed by atoms with Gasteiger partial charge in [-0.05, 0) is 30.1 Å². The van der Waals surface area contributed by atoms with Crippen molar-refractivity contribution in [1.29, 1.82) is 0 Å². The fourth-order valence-electron chi connectivity index (χ4n) is 3.45. The van der Waals surface area contributed by atoms with Crippen LogP contribution < -0.4 is 0 Å². The van der Waals surface area contributed by atoms with Crippen molar-refractivity contribution >= 4 is 11.9 Å². The molecular weight excluding hydrogens is 280 g/mol. The van der Waals surface area contributed by atoms with Crippen LogP contribution in [-0.2, 0) is 9.59 Å². The minimum Gasteiger partial charge on any atom is -0.481 e. The third-order valence-electron chi connectivity index (χ3n) is 4.30. The van der Waals surface area contributed by atoms with Crippen molar-refractivity contribution in [2.45, 2.75) is 85.5 Å². The smallest absolute Gasteiger partial charge is 0.303 e. The largest absolute Gasteiger partial charge is 0.481 e. The van der Waals surface area contributed by atoms with E-state index in [1.807, 2.05) is 13.8 Å². The van der Waals surface area contributed by atoms with Crippen LogP contribution >= 0.6 is 0 Å². The number of hydrogen-bond donors (Lipinski definition) is 2. The molecule has 0 rings (SSSR count). The minimum absolute atomic E-state index is 0.155. The lowest BCUT2D eigenvalue weighted by molar-refractivity contribution is -0.140. The van der Waals surface area contributed by atoms with Crippen LogP contribution in [0.4, 0.5) is 0 Å². The summed E-state index contributed by atoms with van der Waals surface area (Å²) in [5, 5.41) is 17.7. The van der Waals surface area contributed by atoms with Gasteiger partial charge in [-0.3, -0.25) is 9.59 Å². The van der Waals surface area contributed by atoms with Gasteiger partial charge in [0.15, 0.2) is 0 Å². The Morgan fingerprint density at radius 3 is 2.14 bits per heavy atom. The third kappa shape index (κ3) is 11.6. The quantitative estimate of drug-likeness (QED) is 0.503. The van der Waals surface area contributed by atoms with Crippen LogP contribution in [0.15, 0.2) is 0 Å². The lowest BCUT2D eigenvalue weighted by atomic mass is 9.79. The summed E-state index contributed by atoms with van der Waals surface area (Å²) in [6, 6.07) is 0. The Morgan fingerprint density at radius 1 is 1.00 bits per heavy atom. The van der Waals surface area contributed by atoms with Gasteiger partial charge < -0.3 is 10.2 Å². The summed E-state index contributed by atoms with van der Waals surface area (Å²) in [7, 11) is 0. The van der Waals surface area contributed by atoms with Crippen LogP contribution in [-0.4, -0.2) is 22.2 Å². The van der Waals surface area contributed by atoms with Gasteiger partial charge in [0.2, 0.25) is 0 Å². The summed E-state index contributed by atoms with van der Waals surface area (Å²) in [4.78, 5) is 21.5. The first-order valence-electron chi connectivity index (χ1n) is 8.60. The molecule has 0 heterocycles. The fourth-order valence-corrected chi connectivity index (χ4v) is 3.45. The second kappa shape index (κ2) is 10.6. The van der Waals surface area contributed by atoms with Crippen molar-refractivity contribution in [3.05, 3.63) is 0 Å². The Hall–Kier alpha value is -1.06. The van der Waals surface area contributed by atoms with E-state index in [4.69, 9.17) is 10.2 Å². The van der Waals surface area contributed by atoms with E-state index >= 15 is 0 Å². The van der Waals surface area contributed by atoms with E-state index in [1.54, 1.807) is 0 Å². The third-order valence-corrected chi connectivity index (χ3v) is 4.30. The van der Waals surface area contributed by atoms with Crippen LogP contribution in [0.5, 0.6) is 0 Å². The Morgan fingerprint density at radius 2 is 1.64 bits per heavy atom. The average Bonchev–Trinajstić information content (AvgIpc) is 2.33. The van der Waals surface area contributed by atoms with E-state index in [0.29, 0.717) is 11.8 Å². The Kier molecular flexibility index (Phi) is 10.1. The van der Waals surface area contributed by atoms with Crippen LogP contribution in [0.25, 0.3) is 0 Å². The van der Waals surface area contributed by atoms with E-state index < -0.39 is 11.9 Å². The molecule has 2 unspecified atom stereocenters. The molecule has 0 amide bonds. The molecule has 0 radical (unpaired) electrons. The highest BCUT2D eigenvalue weighted by molar-refractivity contribution is 5.67. The molecule has 2 atom stereocenters. The number of hydrogen-bond acceptors (Lipinski definition) is 2. The van der Waals surface area contributed by atoms with Crippen LogP contribution in [0, 0.1) is 17.3 Å². The zero-order valence-electron chi connectivity index (χ0n) is 14.7. The molecule has 0 bridgehead atoms. The molecule has 22 heavy (non-hydrogen) atoms. The Balaban J connectivity index is 4.08. The van der Waals surface area contributed by atoms with Gasteiger partial charge in [-0.1, -0.05) is 59.8 Å². The van der Waals surface area contributed by atoms with E-state index in [-0.39, 0.29) is 18.3 Å². The minimum atomic E-state index is -0.728. The Labute approximate surface area is 135 Å². The van der Waals surface area contributed by atoms with Crippen LogP contribution in [0.3, 0.4) is 0 Å². The van der Waals surface area contributed by atoms with Crippen molar-refractivity contribution < 1.29 is 19.8 Å². The zero-order chi connectivity index (χ0) is 17.2. The van der Waals surface area contributed by atoms with E-state index in [0.717, 1.165) is 44.9 Å². The van der Waals surface area contributed by atoms with Crippen molar-refractivity contribution in [2.75, 3.05) is 0 Å². The molecule has 130 valence electrons. The summed E-state index contributed by atoms with van der Waals surface area (Å²) in [5.74, 6) is -0.407. The van der Waals surface area contributed by atoms with Gasteiger partial charge in [0.1, 0.15) is 0 Å².